The Kier molecular flexibility index (Phi) is 5.96. The number of hydrogen-bond donors (Lipinski definition) is 1. The second kappa shape index (κ2) is 8.61. The topological polar surface area (TPSA) is 48.7 Å². The van der Waals surface area contributed by atoms with Crippen LogP contribution in [-0.4, -0.2) is 48.9 Å². The normalized spacial score (nSPS) is 16.9. The van der Waals surface area contributed by atoms with Crippen molar-refractivity contribution in [3.8, 4) is 0 Å². The maximum Gasteiger partial charge on any atom is 0.291 e. The fourth-order valence-corrected chi connectivity index (χ4v) is 5.31. The summed E-state index contributed by atoms with van der Waals surface area (Å²) in [7, 11) is 2.17. The third-order valence-electron chi connectivity index (χ3n) is 5.19. The van der Waals surface area contributed by atoms with Gasteiger partial charge in [-0.15, -0.1) is 11.3 Å². The molecule has 1 unspecified atom stereocenters. The lowest BCUT2D eigenvalue weighted by molar-refractivity contribution is 0.0996. The van der Waals surface area contributed by atoms with Crippen molar-refractivity contribution in [2.24, 2.45) is 0 Å². The molecule has 1 atom stereocenters. The minimum atomic E-state index is -0.196. The lowest BCUT2D eigenvalue weighted by Crippen LogP contribution is -2.46. The average Bonchev–Trinajstić information content (AvgIpc) is 3.46. The second-order valence-corrected chi connectivity index (χ2v) is 9.00. The van der Waals surface area contributed by atoms with Crippen molar-refractivity contribution >= 4 is 33.6 Å². The maximum absolute atomic E-state index is 12.6. The molecule has 0 aliphatic carbocycles. The Morgan fingerprint density at radius 2 is 2.11 bits per heavy atom. The number of piperazine rings is 1. The van der Waals surface area contributed by atoms with Crippen LogP contribution in [0.5, 0.6) is 0 Å². The van der Waals surface area contributed by atoms with E-state index in [4.69, 9.17) is 4.42 Å². The third-order valence-corrected chi connectivity index (χ3v) is 7.10. The molecule has 0 radical (unpaired) electrons. The number of likely N-dealkylation sites (N-methyl/N-ethyl adjacent to an activating group) is 1. The summed E-state index contributed by atoms with van der Waals surface area (Å²) in [5.41, 5.74) is 2.48. The molecule has 1 N–H and O–H groups in total. The molecule has 0 bridgehead atoms. The largest absolute Gasteiger partial charge is 0.459 e. The third kappa shape index (κ3) is 4.07. The van der Waals surface area contributed by atoms with Crippen molar-refractivity contribution in [2.45, 2.75) is 19.4 Å². The van der Waals surface area contributed by atoms with E-state index in [-0.39, 0.29) is 11.9 Å². The van der Waals surface area contributed by atoms with E-state index in [0.717, 1.165) is 37.6 Å². The van der Waals surface area contributed by atoms with Crippen molar-refractivity contribution < 1.29 is 9.21 Å². The first-order chi connectivity index (χ1) is 13.7. The second-order valence-electron chi connectivity index (χ2n) is 7.08. The summed E-state index contributed by atoms with van der Waals surface area (Å²) < 4.78 is 5.28. The molecular weight excluding hydrogens is 390 g/mol. The van der Waals surface area contributed by atoms with Crippen LogP contribution >= 0.6 is 22.7 Å². The standard InChI is InChI=1S/C21H25N3O2S2/c1-3-16-13-17(21(28-16)22-20(25)18-5-4-11-26-18)19(15-6-12-27-14-15)24-9-7-23(2)8-10-24/h4-6,11-14,19H,3,7-10H2,1-2H3,(H,22,25). The number of rotatable bonds is 6. The van der Waals surface area contributed by atoms with Gasteiger partial charge in [-0.05, 0) is 54.1 Å². The van der Waals surface area contributed by atoms with Gasteiger partial charge in [0.05, 0.1) is 12.3 Å². The zero-order chi connectivity index (χ0) is 19.5. The Hall–Kier alpha value is -1.93. The molecule has 3 aromatic heterocycles. The minimum Gasteiger partial charge on any atom is -0.459 e. The molecule has 0 spiro atoms. The van der Waals surface area contributed by atoms with Crippen LogP contribution in [0.2, 0.25) is 0 Å². The SMILES string of the molecule is CCc1cc(C(c2ccsc2)N2CCN(C)CC2)c(NC(=O)c2ccco2)s1. The number of carbonyl (C=O) groups excluding carboxylic acids is 1. The molecule has 28 heavy (non-hydrogen) atoms. The highest BCUT2D eigenvalue weighted by molar-refractivity contribution is 7.16. The Balaban J connectivity index is 1.69. The van der Waals surface area contributed by atoms with Gasteiger partial charge in [0.1, 0.15) is 5.00 Å². The van der Waals surface area contributed by atoms with E-state index in [1.165, 1.54) is 22.3 Å². The number of hydrogen-bond acceptors (Lipinski definition) is 6. The Labute approximate surface area is 173 Å². The van der Waals surface area contributed by atoms with Gasteiger partial charge in [0.2, 0.25) is 0 Å². The fraction of sp³-hybridized carbons (Fsp3) is 0.381. The van der Waals surface area contributed by atoms with E-state index in [2.05, 4.69) is 52.0 Å². The number of anilines is 1. The maximum atomic E-state index is 12.6. The van der Waals surface area contributed by atoms with E-state index in [1.807, 2.05) is 0 Å². The molecule has 3 aromatic rings. The van der Waals surface area contributed by atoms with E-state index in [9.17, 15) is 4.79 Å². The quantitative estimate of drug-likeness (QED) is 0.641. The molecule has 0 aromatic carbocycles. The molecule has 1 aliphatic rings. The van der Waals surface area contributed by atoms with Crippen molar-refractivity contribution in [1.29, 1.82) is 0 Å². The Bertz CT molecular complexity index is 894. The summed E-state index contributed by atoms with van der Waals surface area (Å²) in [6, 6.07) is 8.06. The van der Waals surface area contributed by atoms with Crippen molar-refractivity contribution in [3.63, 3.8) is 0 Å². The Morgan fingerprint density at radius 3 is 2.75 bits per heavy atom. The number of furan rings is 1. The van der Waals surface area contributed by atoms with Crippen LogP contribution in [-0.2, 0) is 6.42 Å². The number of nitrogens with one attached hydrogen (secondary N) is 1. The fourth-order valence-electron chi connectivity index (χ4n) is 3.60. The highest BCUT2D eigenvalue weighted by atomic mass is 32.1. The summed E-state index contributed by atoms with van der Waals surface area (Å²) >= 11 is 3.39. The van der Waals surface area contributed by atoms with Gasteiger partial charge in [0, 0.05) is 36.6 Å². The van der Waals surface area contributed by atoms with Crippen molar-refractivity contribution in [2.75, 3.05) is 38.5 Å². The van der Waals surface area contributed by atoms with Crippen LogP contribution in [0.1, 0.15) is 39.5 Å². The first-order valence-corrected chi connectivity index (χ1v) is 11.3. The van der Waals surface area contributed by atoms with Crippen LogP contribution in [0.4, 0.5) is 5.00 Å². The van der Waals surface area contributed by atoms with Gasteiger partial charge in [0.15, 0.2) is 5.76 Å². The summed E-state index contributed by atoms with van der Waals surface area (Å²) in [5, 5.41) is 8.39. The molecular formula is C21H25N3O2S2. The zero-order valence-corrected chi connectivity index (χ0v) is 17.8. The lowest BCUT2D eigenvalue weighted by atomic mass is 10.00. The van der Waals surface area contributed by atoms with Gasteiger partial charge in [-0.2, -0.15) is 11.3 Å². The van der Waals surface area contributed by atoms with E-state index >= 15 is 0 Å². The van der Waals surface area contributed by atoms with Crippen LogP contribution in [0, 0.1) is 0 Å². The highest BCUT2D eigenvalue weighted by Crippen LogP contribution is 2.40. The highest BCUT2D eigenvalue weighted by Gasteiger charge is 2.29. The van der Waals surface area contributed by atoms with Gasteiger partial charge >= 0.3 is 0 Å². The molecule has 5 nitrogen and oxygen atoms in total. The van der Waals surface area contributed by atoms with E-state index in [1.54, 1.807) is 34.8 Å². The first-order valence-electron chi connectivity index (χ1n) is 9.58. The lowest BCUT2D eigenvalue weighted by Gasteiger charge is -2.38. The summed E-state index contributed by atoms with van der Waals surface area (Å²) in [6.07, 6.45) is 2.48. The number of thiophene rings is 2. The first kappa shape index (κ1) is 19.4. The smallest absolute Gasteiger partial charge is 0.291 e. The Morgan fingerprint density at radius 1 is 1.29 bits per heavy atom. The van der Waals surface area contributed by atoms with Crippen LogP contribution < -0.4 is 5.32 Å². The van der Waals surface area contributed by atoms with Gasteiger partial charge in [-0.25, -0.2) is 0 Å². The van der Waals surface area contributed by atoms with Crippen LogP contribution in [0.3, 0.4) is 0 Å². The van der Waals surface area contributed by atoms with E-state index < -0.39 is 0 Å². The number of amides is 1. The molecule has 1 saturated heterocycles. The van der Waals surface area contributed by atoms with Crippen molar-refractivity contribution in [1.82, 2.24) is 9.80 Å². The molecule has 7 heteroatoms. The van der Waals surface area contributed by atoms with Gasteiger partial charge < -0.3 is 14.6 Å². The monoisotopic (exact) mass is 415 g/mol. The van der Waals surface area contributed by atoms with Crippen molar-refractivity contribution in [3.05, 3.63) is 63.1 Å². The van der Waals surface area contributed by atoms with Gasteiger partial charge in [-0.3, -0.25) is 9.69 Å². The molecule has 148 valence electrons. The molecule has 0 saturated carbocycles. The zero-order valence-electron chi connectivity index (χ0n) is 16.2. The molecule has 4 heterocycles. The molecule has 1 aliphatic heterocycles. The molecule has 1 fully saturated rings. The number of nitrogens with zero attached hydrogens (tertiary/aromatic N) is 2. The minimum absolute atomic E-state index is 0.156. The summed E-state index contributed by atoms with van der Waals surface area (Å²) in [6.45, 7) is 6.29. The van der Waals surface area contributed by atoms with Crippen LogP contribution in [0.25, 0.3) is 0 Å². The number of aryl methyl sites for hydroxylation is 1. The average molecular weight is 416 g/mol. The predicted octanol–water partition coefficient (Wildman–Crippen LogP) is 4.55. The molecule has 4 rings (SSSR count). The van der Waals surface area contributed by atoms with Gasteiger partial charge in [0.25, 0.3) is 5.91 Å². The number of carbonyl (C=O) groups is 1. The van der Waals surface area contributed by atoms with Crippen LogP contribution in [0.15, 0.2) is 45.7 Å². The van der Waals surface area contributed by atoms with Gasteiger partial charge in [-0.1, -0.05) is 6.92 Å². The van der Waals surface area contributed by atoms with E-state index in [0.29, 0.717) is 5.76 Å². The summed E-state index contributed by atoms with van der Waals surface area (Å²) in [4.78, 5) is 18.8. The molecule has 1 amide bonds. The predicted molar refractivity (Wildman–Crippen MR) is 116 cm³/mol. The summed E-state index contributed by atoms with van der Waals surface area (Å²) in [5.74, 6) is 0.141.